The predicted octanol–water partition coefficient (Wildman–Crippen LogP) is 5.41. The second kappa shape index (κ2) is 8.09. The number of rotatable bonds is 7. The van der Waals surface area contributed by atoms with Crippen molar-refractivity contribution in [1.29, 1.82) is 0 Å². The van der Waals surface area contributed by atoms with Gasteiger partial charge in [0.1, 0.15) is 11.3 Å². The number of hydrogen-bond acceptors (Lipinski definition) is 3. The molecule has 136 valence electrons. The predicted molar refractivity (Wildman–Crippen MR) is 105 cm³/mol. The summed E-state index contributed by atoms with van der Waals surface area (Å²) in [5, 5.41) is 3.97. The molecule has 0 saturated heterocycles. The molecule has 0 atom stereocenters. The Balaban J connectivity index is 1.64. The molecule has 0 aliphatic heterocycles. The van der Waals surface area contributed by atoms with Crippen LogP contribution >= 0.6 is 0 Å². The van der Waals surface area contributed by atoms with Gasteiger partial charge in [0, 0.05) is 16.6 Å². The van der Waals surface area contributed by atoms with Crippen LogP contribution in [0.5, 0.6) is 5.75 Å². The molecule has 0 aliphatic carbocycles. The van der Waals surface area contributed by atoms with Crippen LogP contribution < -0.4 is 10.1 Å². The van der Waals surface area contributed by atoms with Crippen LogP contribution in [0.4, 0.5) is 5.69 Å². The maximum atomic E-state index is 12.4. The minimum Gasteiger partial charge on any atom is -0.494 e. The van der Waals surface area contributed by atoms with Crippen molar-refractivity contribution in [1.82, 2.24) is 0 Å². The number of carbonyl (C=O) groups excluding carboxylic acids is 1. The Morgan fingerprint density at radius 1 is 1.15 bits per heavy atom. The number of carbonyl (C=O) groups is 1. The summed E-state index contributed by atoms with van der Waals surface area (Å²) in [6, 6.07) is 11.6. The van der Waals surface area contributed by atoms with Gasteiger partial charge in [-0.25, -0.2) is 0 Å². The molecule has 1 amide bonds. The van der Waals surface area contributed by atoms with E-state index in [1.165, 1.54) is 0 Å². The lowest BCUT2D eigenvalue weighted by Crippen LogP contribution is -2.14. The van der Waals surface area contributed by atoms with Gasteiger partial charge in [0.05, 0.1) is 19.3 Å². The lowest BCUT2D eigenvalue weighted by Gasteiger charge is -2.08. The van der Waals surface area contributed by atoms with E-state index in [1.807, 2.05) is 44.2 Å². The third-order valence-corrected chi connectivity index (χ3v) is 4.35. The normalized spacial score (nSPS) is 10.9. The average Bonchev–Trinajstić information content (AvgIpc) is 2.99. The monoisotopic (exact) mass is 351 g/mol. The van der Waals surface area contributed by atoms with Crippen molar-refractivity contribution in [3.63, 3.8) is 0 Å². The highest BCUT2D eigenvalue weighted by Gasteiger charge is 2.13. The summed E-state index contributed by atoms with van der Waals surface area (Å²) in [6.07, 6.45) is 4.11. The van der Waals surface area contributed by atoms with Gasteiger partial charge in [-0.2, -0.15) is 0 Å². The van der Waals surface area contributed by atoms with Crippen molar-refractivity contribution in [2.45, 2.75) is 40.0 Å². The molecule has 0 bridgehead atoms. The fourth-order valence-electron chi connectivity index (χ4n) is 3.10. The van der Waals surface area contributed by atoms with E-state index >= 15 is 0 Å². The van der Waals surface area contributed by atoms with Crippen molar-refractivity contribution in [3.8, 4) is 5.75 Å². The lowest BCUT2D eigenvalue weighted by molar-refractivity contribution is -0.115. The first-order valence-electron chi connectivity index (χ1n) is 9.07. The minimum atomic E-state index is -0.0627. The van der Waals surface area contributed by atoms with E-state index in [0.29, 0.717) is 6.61 Å². The van der Waals surface area contributed by atoms with Gasteiger partial charge >= 0.3 is 0 Å². The van der Waals surface area contributed by atoms with E-state index < -0.39 is 0 Å². The first-order valence-corrected chi connectivity index (χ1v) is 9.07. The molecule has 4 nitrogen and oxygen atoms in total. The molecule has 1 aromatic heterocycles. The van der Waals surface area contributed by atoms with Gasteiger partial charge in [-0.05, 0) is 61.7 Å². The zero-order valence-corrected chi connectivity index (χ0v) is 15.6. The van der Waals surface area contributed by atoms with Crippen LogP contribution in [0.25, 0.3) is 11.0 Å². The summed E-state index contributed by atoms with van der Waals surface area (Å²) in [7, 11) is 0. The third kappa shape index (κ3) is 4.26. The Bertz CT molecular complexity index is 894. The number of ether oxygens (including phenoxy) is 1. The quantitative estimate of drug-likeness (QED) is 0.579. The van der Waals surface area contributed by atoms with Gasteiger partial charge in [-0.15, -0.1) is 0 Å². The van der Waals surface area contributed by atoms with Crippen LogP contribution in [0.15, 0.2) is 47.1 Å². The molecule has 26 heavy (non-hydrogen) atoms. The molecule has 0 unspecified atom stereocenters. The van der Waals surface area contributed by atoms with Crippen LogP contribution in [0, 0.1) is 13.8 Å². The summed E-state index contributed by atoms with van der Waals surface area (Å²) in [6.45, 7) is 6.93. The number of furan rings is 1. The molecule has 0 radical (unpaired) electrons. The molecule has 0 aliphatic rings. The zero-order valence-electron chi connectivity index (χ0n) is 15.6. The standard InChI is InChI=1S/C22H25NO3/c1-4-5-10-25-19-8-6-18(7-9-19)23-21(24)13-17-14-26-20-12-15(2)11-16(3)22(17)20/h6-9,11-12,14H,4-5,10,13H2,1-3H3,(H,23,24). The fraction of sp³-hybridized carbons (Fsp3) is 0.318. The first-order chi connectivity index (χ1) is 12.6. The van der Waals surface area contributed by atoms with Crippen molar-refractivity contribution < 1.29 is 13.9 Å². The number of nitrogens with one attached hydrogen (secondary N) is 1. The molecular formula is C22H25NO3. The van der Waals surface area contributed by atoms with Crippen LogP contribution in [0.2, 0.25) is 0 Å². The Morgan fingerprint density at radius 3 is 2.65 bits per heavy atom. The number of benzene rings is 2. The van der Waals surface area contributed by atoms with Crippen molar-refractivity contribution in [2.75, 3.05) is 11.9 Å². The maximum absolute atomic E-state index is 12.4. The van der Waals surface area contributed by atoms with E-state index in [1.54, 1.807) is 6.26 Å². The van der Waals surface area contributed by atoms with Gasteiger partial charge in [0.25, 0.3) is 0 Å². The van der Waals surface area contributed by atoms with E-state index in [0.717, 1.165) is 51.9 Å². The van der Waals surface area contributed by atoms with Crippen molar-refractivity contribution in [2.24, 2.45) is 0 Å². The highest BCUT2D eigenvalue weighted by Crippen LogP contribution is 2.27. The molecule has 0 fully saturated rings. The highest BCUT2D eigenvalue weighted by molar-refractivity contribution is 5.96. The Labute approximate surface area is 154 Å². The van der Waals surface area contributed by atoms with E-state index in [-0.39, 0.29) is 12.3 Å². The zero-order chi connectivity index (χ0) is 18.5. The van der Waals surface area contributed by atoms with E-state index in [4.69, 9.17) is 9.15 Å². The van der Waals surface area contributed by atoms with Crippen LogP contribution in [0.3, 0.4) is 0 Å². The molecule has 0 spiro atoms. The summed E-state index contributed by atoms with van der Waals surface area (Å²) in [5.41, 5.74) is 4.79. The second-order valence-corrected chi connectivity index (χ2v) is 6.67. The van der Waals surface area contributed by atoms with Gasteiger partial charge in [0.15, 0.2) is 0 Å². The summed E-state index contributed by atoms with van der Waals surface area (Å²) < 4.78 is 11.3. The lowest BCUT2D eigenvalue weighted by atomic mass is 10.0. The summed E-state index contributed by atoms with van der Waals surface area (Å²) in [5.74, 6) is 0.760. The number of unbranched alkanes of at least 4 members (excludes halogenated alkanes) is 1. The second-order valence-electron chi connectivity index (χ2n) is 6.67. The van der Waals surface area contributed by atoms with Gasteiger partial charge in [-0.3, -0.25) is 4.79 Å². The topological polar surface area (TPSA) is 51.5 Å². The molecular weight excluding hydrogens is 326 g/mol. The Kier molecular flexibility index (Phi) is 5.61. The Hall–Kier alpha value is -2.75. The number of anilines is 1. The summed E-state index contributed by atoms with van der Waals surface area (Å²) in [4.78, 5) is 12.4. The smallest absolute Gasteiger partial charge is 0.228 e. The molecule has 3 aromatic rings. The van der Waals surface area contributed by atoms with Crippen LogP contribution in [-0.4, -0.2) is 12.5 Å². The molecule has 1 N–H and O–H groups in total. The van der Waals surface area contributed by atoms with Crippen molar-refractivity contribution >= 4 is 22.6 Å². The highest BCUT2D eigenvalue weighted by atomic mass is 16.5. The Morgan fingerprint density at radius 2 is 1.92 bits per heavy atom. The summed E-state index contributed by atoms with van der Waals surface area (Å²) >= 11 is 0. The van der Waals surface area contributed by atoms with E-state index in [9.17, 15) is 4.79 Å². The van der Waals surface area contributed by atoms with Crippen molar-refractivity contribution in [3.05, 3.63) is 59.4 Å². The van der Waals surface area contributed by atoms with Gasteiger partial charge < -0.3 is 14.5 Å². The number of hydrogen-bond donors (Lipinski definition) is 1. The number of fused-ring (bicyclic) bond motifs is 1. The molecule has 3 rings (SSSR count). The fourth-order valence-corrected chi connectivity index (χ4v) is 3.10. The third-order valence-electron chi connectivity index (χ3n) is 4.35. The average molecular weight is 351 g/mol. The number of amides is 1. The van der Waals surface area contributed by atoms with E-state index in [2.05, 4.69) is 18.3 Å². The molecule has 4 heteroatoms. The SMILES string of the molecule is CCCCOc1ccc(NC(=O)Cc2coc3cc(C)cc(C)c23)cc1. The number of aryl methyl sites for hydroxylation is 2. The minimum absolute atomic E-state index is 0.0627. The first kappa shape index (κ1) is 18.1. The van der Waals surface area contributed by atoms with Crippen LogP contribution in [-0.2, 0) is 11.2 Å². The molecule has 0 saturated carbocycles. The molecule has 1 heterocycles. The van der Waals surface area contributed by atoms with Gasteiger partial charge in [-0.1, -0.05) is 19.4 Å². The largest absolute Gasteiger partial charge is 0.494 e. The van der Waals surface area contributed by atoms with Gasteiger partial charge in [0.2, 0.25) is 5.91 Å². The molecule has 2 aromatic carbocycles. The maximum Gasteiger partial charge on any atom is 0.228 e. The van der Waals surface area contributed by atoms with Crippen LogP contribution in [0.1, 0.15) is 36.5 Å².